The number of piperidine rings is 1. The molecule has 128 valence electrons. The number of fused-ring (bicyclic) bond motifs is 1. The molecule has 24 heavy (non-hydrogen) atoms. The third kappa shape index (κ3) is 3.46. The molecule has 0 N–H and O–H groups in total. The lowest BCUT2D eigenvalue weighted by atomic mass is 9.92. The van der Waals surface area contributed by atoms with Crippen LogP contribution in [0.25, 0.3) is 0 Å². The highest BCUT2D eigenvalue weighted by molar-refractivity contribution is 5.34. The summed E-state index contributed by atoms with van der Waals surface area (Å²) < 4.78 is 11.0. The van der Waals surface area contributed by atoms with Crippen molar-refractivity contribution in [2.45, 2.75) is 38.5 Å². The molecular weight excluding hydrogens is 302 g/mol. The Morgan fingerprint density at radius 1 is 1.17 bits per heavy atom. The zero-order valence-electron chi connectivity index (χ0n) is 14.3. The summed E-state index contributed by atoms with van der Waals surface area (Å²) in [5.41, 5.74) is 1.36. The second-order valence-corrected chi connectivity index (χ2v) is 7.06. The minimum atomic E-state index is 0.455. The molecule has 0 spiro atoms. The lowest BCUT2D eigenvalue weighted by Gasteiger charge is -2.33. The first kappa shape index (κ1) is 15.6. The van der Waals surface area contributed by atoms with E-state index in [1.165, 1.54) is 5.56 Å². The van der Waals surface area contributed by atoms with E-state index in [9.17, 15) is 0 Å². The quantitative estimate of drug-likeness (QED) is 0.866. The third-order valence-corrected chi connectivity index (χ3v) is 5.28. The van der Waals surface area contributed by atoms with E-state index in [4.69, 9.17) is 9.26 Å². The number of para-hydroxylation sites is 1. The average molecular weight is 327 g/mol. The van der Waals surface area contributed by atoms with Crippen molar-refractivity contribution in [3.63, 3.8) is 0 Å². The molecule has 5 nitrogen and oxygen atoms in total. The fourth-order valence-electron chi connectivity index (χ4n) is 3.94. The summed E-state index contributed by atoms with van der Waals surface area (Å²) in [7, 11) is 0. The van der Waals surface area contributed by atoms with Gasteiger partial charge in [-0.3, -0.25) is 0 Å². The van der Waals surface area contributed by atoms with Crippen LogP contribution in [0.5, 0.6) is 5.75 Å². The highest BCUT2D eigenvalue weighted by atomic mass is 16.5. The molecule has 0 amide bonds. The van der Waals surface area contributed by atoms with Gasteiger partial charge >= 0.3 is 0 Å². The molecule has 0 radical (unpaired) electrons. The number of aryl methyl sites for hydroxylation is 1. The van der Waals surface area contributed by atoms with Crippen molar-refractivity contribution in [2.24, 2.45) is 5.92 Å². The van der Waals surface area contributed by atoms with Gasteiger partial charge in [-0.05, 0) is 56.3 Å². The van der Waals surface area contributed by atoms with Gasteiger partial charge in [0.15, 0.2) is 5.82 Å². The Labute approximate surface area is 143 Å². The minimum absolute atomic E-state index is 0.455. The summed E-state index contributed by atoms with van der Waals surface area (Å²) in [6, 6.07) is 8.47. The van der Waals surface area contributed by atoms with Gasteiger partial charge in [-0.25, -0.2) is 0 Å². The van der Waals surface area contributed by atoms with E-state index in [0.29, 0.717) is 17.7 Å². The van der Waals surface area contributed by atoms with Gasteiger partial charge in [0.2, 0.25) is 5.89 Å². The zero-order valence-corrected chi connectivity index (χ0v) is 14.3. The van der Waals surface area contributed by atoms with E-state index in [-0.39, 0.29) is 0 Å². The number of likely N-dealkylation sites (tertiary alicyclic amines) is 1. The van der Waals surface area contributed by atoms with Crippen molar-refractivity contribution < 1.29 is 9.26 Å². The molecule has 5 heteroatoms. The molecule has 1 fully saturated rings. The number of ether oxygens (including phenoxy) is 1. The van der Waals surface area contributed by atoms with Crippen LogP contribution in [0.2, 0.25) is 0 Å². The second-order valence-electron chi connectivity index (χ2n) is 7.06. The molecule has 0 aliphatic carbocycles. The number of benzene rings is 1. The first-order valence-corrected chi connectivity index (χ1v) is 9.01. The molecule has 1 aromatic carbocycles. The summed E-state index contributed by atoms with van der Waals surface area (Å²) in [5.74, 6) is 3.77. The summed E-state index contributed by atoms with van der Waals surface area (Å²) in [6.07, 6.45) is 4.51. The molecule has 1 atom stereocenters. The van der Waals surface area contributed by atoms with Gasteiger partial charge in [0.25, 0.3) is 0 Å². The molecule has 2 aliphatic heterocycles. The van der Waals surface area contributed by atoms with Gasteiger partial charge in [-0.1, -0.05) is 23.4 Å². The van der Waals surface area contributed by atoms with Crippen molar-refractivity contribution in [3.05, 3.63) is 41.5 Å². The molecule has 3 heterocycles. The minimum Gasteiger partial charge on any atom is -0.493 e. The lowest BCUT2D eigenvalue weighted by Crippen LogP contribution is -2.37. The van der Waals surface area contributed by atoms with Crippen LogP contribution in [0.15, 0.2) is 28.8 Å². The van der Waals surface area contributed by atoms with Crippen molar-refractivity contribution in [3.8, 4) is 5.75 Å². The summed E-state index contributed by atoms with van der Waals surface area (Å²) in [6.45, 7) is 6.10. The molecule has 1 saturated heterocycles. The predicted octanol–water partition coefficient (Wildman–Crippen LogP) is 3.20. The maximum atomic E-state index is 5.90. The molecule has 4 rings (SSSR count). The van der Waals surface area contributed by atoms with Crippen molar-refractivity contribution >= 4 is 0 Å². The van der Waals surface area contributed by atoms with Gasteiger partial charge in [-0.2, -0.15) is 4.98 Å². The van der Waals surface area contributed by atoms with Crippen LogP contribution in [-0.4, -0.2) is 41.3 Å². The Balaban J connectivity index is 1.32. The van der Waals surface area contributed by atoms with E-state index < -0.39 is 0 Å². The van der Waals surface area contributed by atoms with Crippen LogP contribution in [0.3, 0.4) is 0 Å². The van der Waals surface area contributed by atoms with Crippen LogP contribution in [0.1, 0.15) is 42.5 Å². The largest absolute Gasteiger partial charge is 0.493 e. The van der Waals surface area contributed by atoms with Crippen molar-refractivity contribution in [2.75, 3.05) is 26.2 Å². The molecule has 1 unspecified atom stereocenters. The fourth-order valence-corrected chi connectivity index (χ4v) is 3.94. The number of aromatic nitrogens is 2. The van der Waals surface area contributed by atoms with E-state index in [0.717, 1.165) is 63.5 Å². The first-order valence-electron chi connectivity index (χ1n) is 9.01. The molecule has 0 saturated carbocycles. The van der Waals surface area contributed by atoms with Gasteiger partial charge in [0.05, 0.1) is 6.61 Å². The highest BCUT2D eigenvalue weighted by Gasteiger charge is 2.26. The van der Waals surface area contributed by atoms with Crippen molar-refractivity contribution in [1.82, 2.24) is 15.0 Å². The maximum absolute atomic E-state index is 5.90. The molecule has 2 aliphatic rings. The highest BCUT2D eigenvalue weighted by Crippen LogP contribution is 2.30. The van der Waals surface area contributed by atoms with E-state index >= 15 is 0 Å². The number of rotatable bonds is 3. The molecule has 0 bridgehead atoms. The predicted molar refractivity (Wildman–Crippen MR) is 91.2 cm³/mol. The van der Waals surface area contributed by atoms with Crippen LogP contribution < -0.4 is 4.74 Å². The normalized spacial score (nSPS) is 22.6. The third-order valence-electron chi connectivity index (χ3n) is 5.28. The maximum Gasteiger partial charge on any atom is 0.223 e. The number of hydrogen-bond acceptors (Lipinski definition) is 5. The fraction of sp³-hybridized carbons (Fsp3) is 0.579. The summed E-state index contributed by atoms with van der Waals surface area (Å²) in [5, 5.41) is 4.10. The van der Waals surface area contributed by atoms with Crippen molar-refractivity contribution in [1.29, 1.82) is 0 Å². The molecular formula is C19H25N3O2. The van der Waals surface area contributed by atoms with Gasteiger partial charge < -0.3 is 14.2 Å². The van der Waals surface area contributed by atoms with Crippen LogP contribution in [0, 0.1) is 12.8 Å². The first-order chi connectivity index (χ1) is 11.8. The van der Waals surface area contributed by atoms with E-state index in [2.05, 4.69) is 39.3 Å². The Bertz CT molecular complexity index is 677. The Kier molecular flexibility index (Phi) is 4.52. The number of hydrogen-bond donors (Lipinski definition) is 0. The van der Waals surface area contributed by atoms with Crippen LogP contribution >= 0.6 is 0 Å². The standard InChI is InChI=1S/C19H25N3O2/c1-14-20-19(21-24-14)16-6-9-22(10-7-16)13-15-8-11-23-18-5-3-2-4-17(18)12-15/h2-5,15-16H,6-13H2,1H3. The average Bonchev–Trinajstić information content (AvgIpc) is 2.93. The smallest absolute Gasteiger partial charge is 0.223 e. The second kappa shape index (κ2) is 6.93. The lowest BCUT2D eigenvalue weighted by molar-refractivity contribution is 0.169. The number of nitrogens with zero attached hydrogens (tertiary/aromatic N) is 3. The monoisotopic (exact) mass is 327 g/mol. The van der Waals surface area contributed by atoms with Crippen LogP contribution in [0.4, 0.5) is 0 Å². The zero-order chi connectivity index (χ0) is 16.4. The summed E-state index contributed by atoms with van der Waals surface area (Å²) in [4.78, 5) is 7.00. The van der Waals surface area contributed by atoms with Gasteiger partial charge in [0, 0.05) is 19.4 Å². The van der Waals surface area contributed by atoms with E-state index in [1.807, 2.05) is 6.92 Å². The molecule has 1 aromatic heterocycles. The van der Waals surface area contributed by atoms with Crippen LogP contribution in [-0.2, 0) is 6.42 Å². The van der Waals surface area contributed by atoms with Gasteiger partial charge in [-0.15, -0.1) is 0 Å². The Morgan fingerprint density at radius 3 is 2.79 bits per heavy atom. The van der Waals surface area contributed by atoms with E-state index in [1.54, 1.807) is 0 Å². The van der Waals surface area contributed by atoms with Gasteiger partial charge in [0.1, 0.15) is 5.75 Å². The Hall–Kier alpha value is -1.88. The topological polar surface area (TPSA) is 51.4 Å². The Morgan fingerprint density at radius 2 is 2.00 bits per heavy atom. The molecule has 2 aromatic rings. The SMILES string of the molecule is Cc1nc(C2CCN(CC3CCOc4ccccc4C3)CC2)no1. The summed E-state index contributed by atoms with van der Waals surface area (Å²) >= 11 is 0.